The molecule has 1 aromatic heterocycles. The van der Waals surface area contributed by atoms with E-state index in [2.05, 4.69) is 9.97 Å². The number of carbonyl (C=O) groups is 1. The van der Waals surface area contributed by atoms with Crippen molar-refractivity contribution in [3.63, 3.8) is 0 Å². The Bertz CT molecular complexity index is 368. The predicted octanol–water partition coefficient (Wildman–Crippen LogP) is 0.893. The highest BCUT2D eigenvalue weighted by molar-refractivity contribution is 7.98. The molecule has 4 nitrogen and oxygen atoms in total. The van der Waals surface area contributed by atoms with Crippen LogP contribution in [-0.4, -0.2) is 26.8 Å². The summed E-state index contributed by atoms with van der Waals surface area (Å²) in [5, 5.41) is 8.60. The van der Waals surface area contributed by atoms with Crippen molar-refractivity contribution in [2.24, 2.45) is 0 Å². The molecule has 1 aliphatic rings. The van der Waals surface area contributed by atoms with E-state index in [1.54, 1.807) is 6.20 Å². The van der Waals surface area contributed by atoms with Gasteiger partial charge < -0.3 is 5.11 Å². The van der Waals surface area contributed by atoms with Crippen LogP contribution < -0.4 is 0 Å². The molecule has 0 unspecified atom stereocenters. The lowest BCUT2D eigenvalue weighted by atomic mass is 10.2. The molecule has 0 radical (unpaired) electrons. The van der Waals surface area contributed by atoms with Crippen LogP contribution in [0.15, 0.2) is 6.20 Å². The van der Waals surface area contributed by atoms with Crippen molar-refractivity contribution < 1.29 is 9.90 Å². The van der Waals surface area contributed by atoms with Gasteiger partial charge in [0.15, 0.2) is 0 Å². The summed E-state index contributed by atoms with van der Waals surface area (Å²) in [4.78, 5) is 19.0. The second-order valence-corrected chi connectivity index (χ2v) is 4.23. The minimum Gasteiger partial charge on any atom is -0.481 e. The van der Waals surface area contributed by atoms with Crippen LogP contribution in [0.4, 0.5) is 0 Å². The number of hydrogen-bond donors (Lipinski definition) is 1. The molecule has 0 spiro atoms. The number of aromatic nitrogens is 2. The number of aryl methyl sites for hydroxylation is 1. The van der Waals surface area contributed by atoms with Crippen LogP contribution in [0, 0.1) is 0 Å². The highest BCUT2D eigenvalue weighted by atomic mass is 32.2. The van der Waals surface area contributed by atoms with E-state index in [1.165, 1.54) is 0 Å². The van der Waals surface area contributed by atoms with E-state index in [1.807, 2.05) is 11.8 Å². The van der Waals surface area contributed by atoms with Crippen molar-refractivity contribution in [1.29, 1.82) is 0 Å². The van der Waals surface area contributed by atoms with Gasteiger partial charge in [0.1, 0.15) is 0 Å². The number of rotatable bonds is 2. The fourth-order valence-corrected chi connectivity index (χ4v) is 2.31. The molecule has 0 aromatic carbocycles. The van der Waals surface area contributed by atoms with Gasteiger partial charge in [-0.05, 0) is 5.75 Å². The maximum atomic E-state index is 10.5. The average molecular weight is 210 g/mol. The predicted molar refractivity (Wildman–Crippen MR) is 53.2 cm³/mol. The van der Waals surface area contributed by atoms with Gasteiger partial charge >= 0.3 is 5.97 Å². The first-order valence-electron chi connectivity index (χ1n) is 4.39. The summed E-state index contributed by atoms with van der Waals surface area (Å²) in [6, 6.07) is 0. The summed E-state index contributed by atoms with van der Waals surface area (Å²) >= 11 is 1.84. The number of fused-ring (bicyclic) bond motifs is 1. The summed E-state index contributed by atoms with van der Waals surface area (Å²) in [7, 11) is 0. The molecule has 0 saturated carbocycles. The molecule has 1 aromatic rings. The van der Waals surface area contributed by atoms with Gasteiger partial charge in [0, 0.05) is 18.4 Å². The minimum absolute atomic E-state index is 0.0343. The second kappa shape index (κ2) is 3.96. The van der Waals surface area contributed by atoms with E-state index in [0.717, 1.165) is 29.3 Å². The maximum Gasteiger partial charge on any atom is 0.309 e. The van der Waals surface area contributed by atoms with Crippen molar-refractivity contribution in [3.8, 4) is 0 Å². The van der Waals surface area contributed by atoms with Crippen molar-refractivity contribution >= 4 is 17.7 Å². The van der Waals surface area contributed by atoms with E-state index in [9.17, 15) is 4.79 Å². The number of thioether (sulfide) groups is 1. The molecule has 1 N–H and O–H groups in total. The third-order valence-electron chi connectivity index (χ3n) is 2.04. The van der Waals surface area contributed by atoms with Gasteiger partial charge in [-0.25, -0.2) is 0 Å². The maximum absolute atomic E-state index is 10.5. The number of nitrogens with zero attached hydrogens (tertiary/aromatic N) is 2. The van der Waals surface area contributed by atoms with Crippen LogP contribution in [0.25, 0.3) is 0 Å². The Hall–Kier alpha value is -1.10. The van der Waals surface area contributed by atoms with Crippen molar-refractivity contribution in [1.82, 2.24) is 9.97 Å². The fraction of sp³-hybridized carbons (Fsp3) is 0.444. The molecule has 14 heavy (non-hydrogen) atoms. The Labute approximate surface area is 85.8 Å². The van der Waals surface area contributed by atoms with Gasteiger partial charge in [0.2, 0.25) is 0 Å². The Morgan fingerprint density at radius 1 is 1.57 bits per heavy atom. The van der Waals surface area contributed by atoms with E-state index >= 15 is 0 Å². The second-order valence-electron chi connectivity index (χ2n) is 3.13. The fourth-order valence-electron chi connectivity index (χ4n) is 1.39. The zero-order chi connectivity index (χ0) is 9.97. The molecule has 0 saturated heterocycles. The van der Waals surface area contributed by atoms with E-state index in [0.29, 0.717) is 5.69 Å². The van der Waals surface area contributed by atoms with Gasteiger partial charge in [-0.2, -0.15) is 11.8 Å². The summed E-state index contributed by atoms with van der Waals surface area (Å²) in [5.41, 5.74) is 2.54. The van der Waals surface area contributed by atoms with Crippen molar-refractivity contribution in [2.45, 2.75) is 18.6 Å². The highest BCUT2D eigenvalue weighted by Crippen LogP contribution is 2.21. The zero-order valence-electron chi connectivity index (χ0n) is 7.56. The molecule has 0 aliphatic carbocycles. The quantitative estimate of drug-likeness (QED) is 0.785. The molecule has 0 amide bonds. The number of hydrogen-bond acceptors (Lipinski definition) is 4. The van der Waals surface area contributed by atoms with Crippen LogP contribution >= 0.6 is 11.8 Å². The molecule has 2 heterocycles. The first kappa shape index (κ1) is 9.45. The third kappa shape index (κ3) is 2.04. The SMILES string of the molecule is O=C(O)Cc1cnc2c(n1)CCSC2. The largest absolute Gasteiger partial charge is 0.481 e. The molecule has 0 fully saturated rings. The van der Waals surface area contributed by atoms with Crippen LogP contribution in [0.5, 0.6) is 0 Å². The normalized spacial score (nSPS) is 14.9. The first-order valence-corrected chi connectivity index (χ1v) is 5.54. The standard InChI is InChI=1S/C9H10N2O2S/c12-9(13)3-6-4-10-8-5-14-2-1-7(8)11-6/h4H,1-3,5H2,(H,12,13). The van der Waals surface area contributed by atoms with E-state index in [-0.39, 0.29) is 6.42 Å². The zero-order valence-corrected chi connectivity index (χ0v) is 8.38. The van der Waals surface area contributed by atoms with Gasteiger partial charge in [0.25, 0.3) is 0 Å². The molecule has 0 bridgehead atoms. The van der Waals surface area contributed by atoms with E-state index < -0.39 is 5.97 Å². The van der Waals surface area contributed by atoms with Gasteiger partial charge in [-0.15, -0.1) is 0 Å². The lowest BCUT2D eigenvalue weighted by Gasteiger charge is -2.13. The molecule has 0 atom stereocenters. The molecular formula is C9H10N2O2S. The van der Waals surface area contributed by atoms with Crippen LogP contribution in [0.3, 0.4) is 0 Å². The molecule has 74 valence electrons. The number of aliphatic carboxylic acids is 1. The highest BCUT2D eigenvalue weighted by Gasteiger charge is 2.13. The smallest absolute Gasteiger partial charge is 0.309 e. The Kier molecular flexibility index (Phi) is 2.67. The van der Waals surface area contributed by atoms with Gasteiger partial charge in [0.05, 0.1) is 23.5 Å². The van der Waals surface area contributed by atoms with Crippen LogP contribution in [-0.2, 0) is 23.4 Å². The average Bonchev–Trinajstić information content (AvgIpc) is 2.17. The summed E-state index contributed by atoms with van der Waals surface area (Å²) in [6.45, 7) is 0. The van der Waals surface area contributed by atoms with Gasteiger partial charge in [-0.3, -0.25) is 14.8 Å². The Balaban J connectivity index is 2.24. The molecule has 2 rings (SSSR count). The third-order valence-corrected chi connectivity index (χ3v) is 3.01. The number of carboxylic acids is 1. The topological polar surface area (TPSA) is 63.1 Å². The summed E-state index contributed by atoms with van der Waals surface area (Å²) in [6.07, 6.45) is 2.44. The Morgan fingerprint density at radius 3 is 3.21 bits per heavy atom. The van der Waals surface area contributed by atoms with Crippen molar-refractivity contribution in [2.75, 3.05) is 5.75 Å². The Morgan fingerprint density at radius 2 is 2.43 bits per heavy atom. The lowest BCUT2D eigenvalue weighted by Crippen LogP contribution is -2.11. The van der Waals surface area contributed by atoms with Crippen LogP contribution in [0.2, 0.25) is 0 Å². The molecule has 5 heteroatoms. The minimum atomic E-state index is -0.857. The first-order chi connectivity index (χ1) is 6.75. The number of carboxylic acid groups (broad SMARTS) is 1. The monoisotopic (exact) mass is 210 g/mol. The van der Waals surface area contributed by atoms with E-state index in [4.69, 9.17) is 5.11 Å². The van der Waals surface area contributed by atoms with Crippen molar-refractivity contribution in [3.05, 3.63) is 23.3 Å². The van der Waals surface area contributed by atoms with Crippen LogP contribution in [0.1, 0.15) is 17.1 Å². The molecular weight excluding hydrogens is 200 g/mol. The summed E-state index contributed by atoms with van der Waals surface area (Å²) < 4.78 is 0. The summed E-state index contributed by atoms with van der Waals surface area (Å²) in [5.74, 6) is 1.10. The molecule has 1 aliphatic heterocycles. The lowest BCUT2D eigenvalue weighted by molar-refractivity contribution is -0.136. The van der Waals surface area contributed by atoms with Gasteiger partial charge in [-0.1, -0.05) is 0 Å².